The molecule has 126 valence electrons. The van der Waals surface area contributed by atoms with E-state index in [0.29, 0.717) is 5.75 Å². The SMILES string of the molecule is COc1c(I)cc(I)cc1/C=C/C1CC(C(F)(F)F)NC(=O)N1. The highest BCUT2D eigenvalue weighted by atomic mass is 127. The highest BCUT2D eigenvalue weighted by Gasteiger charge is 2.44. The first-order valence-electron chi connectivity index (χ1n) is 6.55. The second kappa shape index (κ2) is 7.45. The Balaban J connectivity index is 2.21. The second-order valence-electron chi connectivity index (χ2n) is 4.92. The molecule has 4 nitrogen and oxygen atoms in total. The Morgan fingerprint density at radius 3 is 2.61 bits per heavy atom. The van der Waals surface area contributed by atoms with Crippen LogP contribution in [0.15, 0.2) is 18.2 Å². The summed E-state index contributed by atoms with van der Waals surface area (Å²) in [7, 11) is 1.54. The molecule has 2 rings (SSSR count). The molecule has 1 fully saturated rings. The van der Waals surface area contributed by atoms with Crippen molar-refractivity contribution in [3.8, 4) is 5.75 Å². The molecule has 0 bridgehead atoms. The van der Waals surface area contributed by atoms with Crippen LogP contribution < -0.4 is 15.4 Å². The Bertz CT molecular complexity index is 635. The number of carbonyl (C=O) groups excluding carboxylic acids is 1. The molecule has 1 saturated heterocycles. The molecule has 0 saturated carbocycles. The van der Waals surface area contributed by atoms with Crippen molar-refractivity contribution >= 4 is 57.3 Å². The average Bonchev–Trinajstić information content (AvgIpc) is 2.43. The Morgan fingerprint density at radius 1 is 1.30 bits per heavy atom. The molecule has 23 heavy (non-hydrogen) atoms. The van der Waals surface area contributed by atoms with Crippen molar-refractivity contribution in [3.05, 3.63) is 30.9 Å². The zero-order valence-corrected chi connectivity index (χ0v) is 16.2. The van der Waals surface area contributed by atoms with Gasteiger partial charge in [-0.2, -0.15) is 13.2 Å². The molecular weight excluding hydrogens is 539 g/mol. The van der Waals surface area contributed by atoms with Crippen molar-refractivity contribution in [1.82, 2.24) is 10.6 Å². The van der Waals surface area contributed by atoms with Gasteiger partial charge in [-0.05, 0) is 57.3 Å². The fourth-order valence-corrected chi connectivity index (χ4v) is 4.33. The third kappa shape index (κ3) is 4.88. The zero-order valence-electron chi connectivity index (χ0n) is 11.9. The number of benzene rings is 1. The van der Waals surface area contributed by atoms with Crippen LogP contribution in [0.5, 0.6) is 5.75 Å². The van der Waals surface area contributed by atoms with E-state index in [-0.39, 0.29) is 6.42 Å². The molecule has 0 spiro atoms. The quantitative estimate of drug-likeness (QED) is 0.560. The van der Waals surface area contributed by atoms with Crippen molar-refractivity contribution in [2.75, 3.05) is 7.11 Å². The van der Waals surface area contributed by atoms with E-state index in [9.17, 15) is 18.0 Å². The van der Waals surface area contributed by atoms with Gasteiger partial charge in [0.1, 0.15) is 11.8 Å². The van der Waals surface area contributed by atoms with Gasteiger partial charge in [0, 0.05) is 15.6 Å². The summed E-state index contributed by atoms with van der Waals surface area (Å²) in [6.45, 7) is 0. The minimum Gasteiger partial charge on any atom is -0.495 e. The molecule has 1 aromatic rings. The first kappa shape index (κ1) is 18.6. The van der Waals surface area contributed by atoms with Gasteiger partial charge < -0.3 is 15.4 Å². The number of ether oxygens (including phenoxy) is 1. The summed E-state index contributed by atoms with van der Waals surface area (Å²) in [6, 6.07) is 0.433. The van der Waals surface area contributed by atoms with E-state index in [1.54, 1.807) is 12.2 Å². The molecule has 1 aliphatic heterocycles. The lowest BCUT2D eigenvalue weighted by molar-refractivity contribution is -0.157. The lowest BCUT2D eigenvalue weighted by Crippen LogP contribution is -2.58. The number of nitrogens with one attached hydrogen (secondary N) is 2. The number of rotatable bonds is 3. The molecule has 2 unspecified atom stereocenters. The van der Waals surface area contributed by atoms with Crippen LogP contribution in [-0.4, -0.2) is 31.4 Å². The highest BCUT2D eigenvalue weighted by molar-refractivity contribution is 14.1. The molecule has 2 N–H and O–H groups in total. The molecule has 0 aliphatic carbocycles. The first-order chi connectivity index (χ1) is 10.7. The summed E-state index contributed by atoms with van der Waals surface area (Å²) in [4.78, 5) is 11.4. The monoisotopic (exact) mass is 552 g/mol. The molecular formula is C14H13F3I2N2O2. The lowest BCUT2D eigenvalue weighted by Gasteiger charge is -2.30. The Kier molecular flexibility index (Phi) is 6.03. The largest absolute Gasteiger partial charge is 0.495 e. The number of carbonyl (C=O) groups is 1. The molecule has 9 heteroatoms. The number of urea groups is 1. The summed E-state index contributed by atoms with van der Waals surface area (Å²) < 4.78 is 45.6. The Hall–Kier alpha value is -0.720. The third-order valence-electron chi connectivity index (χ3n) is 3.26. The number of hydrogen-bond acceptors (Lipinski definition) is 2. The molecule has 1 heterocycles. The van der Waals surface area contributed by atoms with E-state index in [1.807, 2.05) is 17.4 Å². The first-order valence-corrected chi connectivity index (χ1v) is 8.71. The lowest BCUT2D eigenvalue weighted by atomic mass is 10.0. The van der Waals surface area contributed by atoms with Gasteiger partial charge in [-0.15, -0.1) is 0 Å². The van der Waals surface area contributed by atoms with Crippen LogP contribution in [-0.2, 0) is 0 Å². The smallest absolute Gasteiger partial charge is 0.408 e. The van der Waals surface area contributed by atoms with Gasteiger partial charge in [0.2, 0.25) is 0 Å². The number of amides is 2. The maximum atomic E-state index is 12.8. The minimum atomic E-state index is -4.46. The Labute approximate surface area is 158 Å². The maximum Gasteiger partial charge on any atom is 0.408 e. The van der Waals surface area contributed by atoms with Gasteiger partial charge in [-0.1, -0.05) is 12.2 Å². The van der Waals surface area contributed by atoms with Gasteiger partial charge in [-0.3, -0.25) is 0 Å². The average molecular weight is 552 g/mol. The van der Waals surface area contributed by atoms with Crippen LogP contribution in [0.4, 0.5) is 18.0 Å². The maximum absolute atomic E-state index is 12.8. The fraction of sp³-hybridized carbons (Fsp3) is 0.357. The van der Waals surface area contributed by atoms with Gasteiger partial charge >= 0.3 is 12.2 Å². The number of hydrogen-bond donors (Lipinski definition) is 2. The molecule has 1 aromatic carbocycles. The van der Waals surface area contributed by atoms with Crippen LogP contribution in [0.3, 0.4) is 0 Å². The van der Waals surface area contributed by atoms with Crippen molar-refractivity contribution in [2.45, 2.75) is 24.7 Å². The van der Waals surface area contributed by atoms with Crippen molar-refractivity contribution in [2.24, 2.45) is 0 Å². The van der Waals surface area contributed by atoms with Gasteiger partial charge in [-0.25, -0.2) is 4.79 Å². The normalized spacial score (nSPS) is 21.9. The summed E-state index contributed by atoms with van der Waals surface area (Å²) in [5.41, 5.74) is 0.750. The van der Waals surface area contributed by atoms with Crippen molar-refractivity contribution in [1.29, 1.82) is 0 Å². The number of alkyl halides is 3. The highest BCUT2D eigenvalue weighted by Crippen LogP contribution is 2.30. The summed E-state index contributed by atoms with van der Waals surface area (Å²) in [5.74, 6) is 0.648. The summed E-state index contributed by atoms with van der Waals surface area (Å²) >= 11 is 4.28. The molecule has 1 aliphatic rings. The standard InChI is InChI=1S/C14H13F3I2N2O2/c1-23-12-7(4-8(18)5-10(12)19)2-3-9-6-11(14(15,16)17)21-13(22)20-9/h2-5,9,11H,6H2,1H3,(H2,20,21,22)/b3-2+. The molecule has 2 amide bonds. The number of methoxy groups -OCH3 is 1. The van der Waals surface area contributed by atoms with Crippen LogP contribution in [0.2, 0.25) is 0 Å². The zero-order chi connectivity index (χ0) is 17.2. The fourth-order valence-electron chi connectivity index (χ4n) is 2.22. The molecule has 0 radical (unpaired) electrons. The Morgan fingerprint density at radius 2 is 2.00 bits per heavy atom. The second-order valence-corrected chi connectivity index (χ2v) is 7.33. The van der Waals surface area contributed by atoms with E-state index in [0.717, 1.165) is 12.7 Å². The van der Waals surface area contributed by atoms with Gasteiger partial charge in [0.25, 0.3) is 0 Å². The molecule has 2 atom stereocenters. The summed E-state index contributed by atoms with van der Waals surface area (Å²) in [5, 5.41) is 4.36. The minimum absolute atomic E-state index is 0.255. The van der Waals surface area contributed by atoms with E-state index >= 15 is 0 Å². The van der Waals surface area contributed by atoms with E-state index < -0.39 is 24.3 Å². The molecule has 0 aromatic heterocycles. The topological polar surface area (TPSA) is 50.4 Å². The van der Waals surface area contributed by atoms with Crippen molar-refractivity contribution in [3.63, 3.8) is 0 Å². The van der Waals surface area contributed by atoms with Crippen LogP contribution >= 0.6 is 45.2 Å². The van der Waals surface area contributed by atoms with E-state index in [4.69, 9.17) is 4.74 Å². The summed E-state index contributed by atoms with van der Waals surface area (Å²) in [6.07, 6.45) is -1.48. The number of halogens is 5. The third-order valence-corrected chi connectivity index (χ3v) is 4.68. The van der Waals surface area contributed by atoms with E-state index in [2.05, 4.69) is 50.5 Å². The van der Waals surface area contributed by atoms with Gasteiger partial charge in [0.15, 0.2) is 0 Å². The van der Waals surface area contributed by atoms with Crippen LogP contribution in [0.1, 0.15) is 12.0 Å². The van der Waals surface area contributed by atoms with Crippen molar-refractivity contribution < 1.29 is 22.7 Å². The van der Waals surface area contributed by atoms with Crippen LogP contribution in [0, 0.1) is 7.14 Å². The predicted octanol–water partition coefficient (Wildman–Crippen LogP) is 3.92. The van der Waals surface area contributed by atoms with E-state index in [1.165, 1.54) is 7.11 Å². The van der Waals surface area contributed by atoms with Gasteiger partial charge in [0.05, 0.1) is 16.7 Å². The predicted molar refractivity (Wildman–Crippen MR) is 97.4 cm³/mol. The van der Waals surface area contributed by atoms with Crippen LogP contribution in [0.25, 0.3) is 6.08 Å².